The summed E-state index contributed by atoms with van der Waals surface area (Å²) in [5, 5.41) is 3.66. The Labute approximate surface area is 78.4 Å². The molecule has 66 valence electrons. The van der Waals surface area contributed by atoms with Gasteiger partial charge in [0.05, 0.1) is 18.6 Å². The van der Waals surface area contributed by atoms with Crippen LogP contribution in [0.3, 0.4) is 0 Å². The molecule has 4 nitrogen and oxygen atoms in total. The Kier molecular flexibility index (Phi) is 2.14. The van der Waals surface area contributed by atoms with Crippen molar-refractivity contribution in [3.63, 3.8) is 0 Å². The molecule has 0 bridgehead atoms. The van der Waals surface area contributed by atoms with Crippen molar-refractivity contribution in [1.29, 1.82) is 0 Å². The lowest BCUT2D eigenvalue weighted by atomic mass is 10.1. The molecule has 2 rings (SSSR count). The van der Waals surface area contributed by atoms with Crippen LogP contribution in [0.4, 0.5) is 0 Å². The molecular formula is C7H9BrN2O2. The lowest BCUT2D eigenvalue weighted by molar-refractivity contribution is 0.122. The van der Waals surface area contributed by atoms with Gasteiger partial charge in [0.1, 0.15) is 0 Å². The molecule has 1 fully saturated rings. The molecular weight excluding hydrogens is 224 g/mol. The van der Waals surface area contributed by atoms with Gasteiger partial charge in [-0.05, 0) is 34.4 Å². The van der Waals surface area contributed by atoms with Crippen LogP contribution in [-0.4, -0.2) is 22.9 Å². The normalized spacial score (nSPS) is 29.5. The van der Waals surface area contributed by atoms with Crippen LogP contribution in [0, 0.1) is 0 Å². The Bertz CT molecular complexity index is 276. The van der Waals surface area contributed by atoms with E-state index in [1.807, 2.05) is 6.92 Å². The lowest BCUT2D eigenvalue weighted by Gasteiger charge is -1.97. The molecule has 1 aliphatic heterocycles. The summed E-state index contributed by atoms with van der Waals surface area (Å²) in [6.07, 6.45) is 1.27. The Morgan fingerprint density at radius 2 is 2.42 bits per heavy atom. The van der Waals surface area contributed by atoms with E-state index in [2.05, 4.69) is 26.1 Å². The molecule has 0 aliphatic carbocycles. The maximum Gasteiger partial charge on any atom is 0.238 e. The molecule has 2 heterocycles. The fourth-order valence-electron chi connectivity index (χ4n) is 1.37. The second-order valence-corrected chi connectivity index (χ2v) is 3.69. The van der Waals surface area contributed by atoms with Gasteiger partial charge in [0.15, 0.2) is 0 Å². The first-order valence-electron chi connectivity index (χ1n) is 3.86. The highest BCUT2D eigenvalue weighted by Gasteiger charge is 2.27. The molecule has 2 unspecified atom stereocenters. The number of rotatable bonds is 1. The second kappa shape index (κ2) is 3.14. The number of hydrogen-bond acceptors (Lipinski definition) is 4. The molecule has 2 atom stereocenters. The van der Waals surface area contributed by atoms with Crippen LogP contribution in [0.25, 0.3) is 0 Å². The van der Waals surface area contributed by atoms with Crippen molar-refractivity contribution in [1.82, 2.24) is 10.1 Å². The summed E-state index contributed by atoms with van der Waals surface area (Å²) in [7, 11) is 0. The third-order valence-corrected chi connectivity index (χ3v) is 2.29. The van der Waals surface area contributed by atoms with Crippen molar-refractivity contribution < 1.29 is 9.26 Å². The quantitative estimate of drug-likeness (QED) is 0.740. The first-order chi connectivity index (χ1) is 5.75. The minimum absolute atomic E-state index is 0.277. The zero-order chi connectivity index (χ0) is 8.55. The van der Waals surface area contributed by atoms with Crippen LogP contribution >= 0.6 is 15.9 Å². The van der Waals surface area contributed by atoms with Crippen molar-refractivity contribution >= 4 is 15.9 Å². The zero-order valence-corrected chi connectivity index (χ0v) is 8.24. The summed E-state index contributed by atoms with van der Waals surface area (Å²) in [4.78, 5) is 4.09. The van der Waals surface area contributed by atoms with Crippen LogP contribution in [0.2, 0.25) is 0 Å². The van der Waals surface area contributed by atoms with Crippen LogP contribution in [-0.2, 0) is 4.74 Å². The minimum Gasteiger partial charge on any atom is -0.378 e. The van der Waals surface area contributed by atoms with E-state index in [9.17, 15) is 0 Å². The molecule has 1 aromatic heterocycles. The highest BCUT2D eigenvalue weighted by molar-refractivity contribution is 9.10. The highest BCUT2D eigenvalue weighted by atomic mass is 79.9. The predicted molar refractivity (Wildman–Crippen MR) is 44.8 cm³/mol. The second-order valence-electron chi connectivity index (χ2n) is 2.98. The Hall–Kier alpha value is -0.420. The van der Waals surface area contributed by atoms with E-state index in [1.165, 1.54) is 0 Å². The maximum absolute atomic E-state index is 5.39. The summed E-state index contributed by atoms with van der Waals surface area (Å²) >= 11 is 3.14. The summed E-state index contributed by atoms with van der Waals surface area (Å²) in [5.41, 5.74) is 0. The van der Waals surface area contributed by atoms with E-state index >= 15 is 0 Å². The Morgan fingerprint density at radius 1 is 1.58 bits per heavy atom. The van der Waals surface area contributed by atoms with Crippen LogP contribution in [0.1, 0.15) is 25.2 Å². The van der Waals surface area contributed by atoms with Gasteiger partial charge in [0, 0.05) is 0 Å². The van der Waals surface area contributed by atoms with Gasteiger partial charge in [-0.15, -0.1) is 0 Å². The Balaban J connectivity index is 2.11. The van der Waals surface area contributed by atoms with E-state index in [4.69, 9.17) is 9.26 Å². The minimum atomic E-state index is 0.277. The van der Waals surface area contributed by atoms with Crippen molar-refractivity contribution in [2.75, 3.05) is 6.61 Å². The van der Waals surface area contributed by atoms with Gasteiger partial charge in [-0.2, -0.15) is 4.98 Å². The van der Waals surface area contributed by atoms with E-state index < -0.39 is 0 Å². The van der Waals surface area contributed by atoms with Crippen molar-refractivity contribution in [2.24, 2.45) is 0 Å². The molecule has 1 aromatic rings. The molecule has 12 heavy (non-hydrogen) atoms. The standard InChI is InChI=1S/C7H9BrN2O2/c1-4-2-5(3-11-4)6-9-7(8)10-12-6/h4-5H,2-3H2,1H3. The van der Waals surface area contributed by atoms with Gasteiger partial charge < -0.3 is 9.26 Å². The first kappa shape index (κ1) is 8.19. The third kappa shape index (κ3) is 1.51. The van der Waals surface area contributed by atoms with Gasteiger partial charge in [0.2, 0.25) is 10.6 Å². The number of halogens is 1. The first-order valence-corrected chi connectivity index (χ1v) is 4.65. The average molecular weight is 233 g/mol. The number of aromatic nitrogens is 2. The fourth-order valence-corrected chi connectivity index (χ4v) is 1.62. The highest BCUT2D eigenvalue weighted by Crippen LogP contribution is 2.28. The van der Waals surface area contributed by atoms with Gasteiger partial charge >= 0.3 is 0 Å². The molecule has 1 aliphatic rings. The maximum atomic E-state index is 5.39. The third-order valence-electron chi connectivity index (χ3n) is 1.96. The molecule has 0 aromatic carbocycles. The zero-order valence-electron chi connectivity index (χ0n) is 6.66. The monoisotopic (exact) mass is 232 g/mol. The van der Waals surface area contributed by atoms with E-state index in [0.29, 0.717) is 23.3 Å². The van der Waals surface area contributed by atoms with Crippen molar-refractivity contribution in [2.45, 2.75) is 25.4 Å². The molecule has 1 saturated heterocycles. The lowest BCUT2D eigenvalue weighted by Crippen LogP contribution is -1.97. The van der Waals surface area contributed by atoms with Crippen LogP contribution in [0.5, 0.6) is 0 Å². The summed E-state index contributed by atoms with van der Waals surface area (Å²) in [6, 6.07) is 0. The Morgan fingerprint density at radius 3 is 2.92 bits per heavy atom. The fraction of sp³-hybridized carbons (Fsp3) is 0.714. The van der Waals surface area contributed by atoms with Gasteiger partial charge in [-0.25, -0.2) is 0 Å². The summed E-state index contributed by atoms with van der Waals surface area (Å²) in [5.74, 6) is 0.949. The van der Waals surface area contributed by atoms with Crippen LogP contribution in [0.15, 0.2) is 9.26 Å². The largest absolute Gasteiger partial charge is 0.378 e. The van der Waals surface area contributed by atoms with Crippen molar-refractivity contribution in [3.8, 4) is 0 Å². The number of hydrogen-bond donors (Lipinski definition) is 0. The van der Waals surface area contributed by atoms with Gasteiger partial charge in [-0.3, -0.25) is 0 Å². The molecule has 5 heteroatoms. The predicted octanol–water partition coefficient (Wildman–Crippen LogP) is 1.72. The topological polar surface area (TPSA) is 48.2 Å². The molecule has 0 amide bonds. The summed E-state index contributed by atoms with van der Waals surface area (Å²) < 4.78 is 10.9. The van der Waals surface area contributed by atoms with Gasteiger partial charge in [-0.1, -0.05) is 0 Å². The smallest absolute Gasteiger partial charge is 0.238 e. The van der Waals surface area contributed by atoms with E-state index in [-0.39, 0.29) is 5.92 Å². The molecule has 0 radical (unpaired) electrons. The molecule has 0 saturated carbocycles. The van der Waals surface area contributed by atoms with Gasteiger partial charge in [0.25, 0.3) is 0 Å². The molecule has 0 spiro atoms. The van der Waals surface area contributed by atoms with Crippen molar-refractivity contribution in [3.05, 3.63) is 10.6 Å². The van der Waals surface area contributed by atoms with E-state index in [1.54, 1.807) is 0 Å². The number of nitrogens with zero attached hydrogens (tertiary/aromatic N) is 2. The number of ether oxygens (including phenoxy) is 1. The SMILES string of the molecule is CC1CC(c2nc(Br)no2)CO1. The van der Waals surface area contributed by atoms with E-state index in [0.717, 1.165) is 6.42 Å². The summed E-state index contributed by atoms with van der Waals surface area (Å²) in [6.45, 7) is 2.74. The average Bonchev–Trinajstić information content (AvgIpc) is 2.58. The van der Waals surface area contributed by atoms with Crippen LogP contribution < -0.4 is 0 Å². The molecule has 0 N–H and O–H groups in total.